The van der Waals surface area contributed by atoms with Crippen molar-refractivity contribution >= 4 is 23.7 Å². The molecule has 0 atom stereocenters. The van der Waals surface area contributed by atoms with Crippen molar-refractivity contribution in [2.24, 2.45) is 5.10 Å². The maximum atomic E-state index is 11.8. The number of amides is 1. The van der Waals surface area contributed by atoms with Crippen molar-refractivity contribution in [3.63, 3.8) is 0 Å². The molecule has 0 aliphatic rings. The molecule has 0 radical (unpaired) electrons. The molecule has 0 saturated heterocycles. The van der Waals surface area contributed by atoms with Gasteiger partial charge in [0.25, 0.3) is 5.91 Å². The van der Waals surface area contributed by atoms with Gasteiger partial charge in [-0.15, -0.1) is 0 Å². The molecule has 0 spiro atoms. The van der Waals surface area contributed by atoms with Crippen molar-refractivity contribution in [3.05, 3.63) is 70.2 Å². The highest BCUT2D eigenvalue weighted by molar-refractivity contribution is 6.30. The number of hydrogen-bond donors (Lipinski definition) is 1. The predicted molar refractivity (Wildman–Crippen MR) is 87.0 cm³/mol. The molecule has 0 aliphatic heterocycles. The molecule has 2 aromatic carbocycles. The maximum absolute atomic E-state index is 11.8. The van der Waals surface area contributed by atoms with E-state index in [0.29, 0.717) is 16.5 Å². The highest BCUT2D eigenvalue weighted by Gasteiger charge is 2.03. The smallest absolute Gasteiger partial charge is 0.267 e. The van der Waals surface area contributed by atoms with Crippen molar-refractivity contribution in [1.82, 2.24) is 5.43 Å². The number of hydrazone groups is 1. The lowest BCUT2D eigenvalue weighted by Gasteiger charge is -2.04. The lowest BCUT2D eigenvalue weighted by molar-refractivity contribution is 0.0955. The summed E-state index contributed by atoms with van der Waals surface area (Å²) >= 11 is 5.77. The second-order valence-corrected chi connectivity index (χ2v) is 5.46. The Kier molecular flexibility index (Phi) is 5.12. The van der Waals surface area contributed by atoms with Crippen LogP contribution in [-0.2, 0) is 0 Å². The van der Waals surface area contributed by atoms with E-state index >= 15 is 0 Å². The highest BCUT2D eigenvalue weighted by Crippen LogP contribution is 2.14. The van der Waals surface area contributed by atoms with Gasteiger partial charge in [0.2, 0.25) is 0 Å². The molecule has 0 heterocycles. The van der Waals surface area contributed by atoms with E-state index in [1.807, 2.05) is 12.1 Å². The van der Waals surface area contributed by atoms with Gasteiger partial charge in [-0.1, -0.05) is 49.7 Å². The van der Waals surface area contributed by atoms with Gasteiger partial charge >= 0.3 is 0 Å². The summed E-state index contributed by atoms with van der Waals surface area (Å²) in [6.07, 6.45) is 1.62. The fourth-order valence-electron chi connectivity index (χ4n) is 1.80. The third-order valence-corrected chi connectivity index (χ3v) is 3.34. The monoisotopic (exact) mass is 300 g/mol. The maximum Gasteiger partial charge on any atom is 0.271 e. The molecule has 1 N–H and O–H groups in total. The highest BCUT2D eigenvalue weighted by atomic mass is 35.5. The SMILES string of the molecule is CC(C)c1ccc(C=NNC(=O)c2ccc(Cl)cc2)cc1. The van der Waals surface area contributed by atoms with Crippen molar-refractivity contribution in [2.45, 2.75) is 19.8 Å². The Morgan fingerprint density at radius 3 is 2.29 bits per heavy atom. The summed E-state index contributed by atoms with van der Waals surface area (Å²) in [6.45, 7) is 4.30. The molecule has 0 aromatic heterocycles. The predicted octanol–water partition coefficient (Wildman–Crippen LogP) is 4.23. The number of carbonyl (C=O) groups excluding carboxylic acids is 1. The van der Waals surface area contributed by atoms with E-state index in [9.17, 15) is 4.79 Å². The van der Waals surface area contributed by atoms with Gasteiger partial charge in [0, 0.05) is 10.6 Å². The van der Waals surface area contributed by atoms with Gasteiger partial charge in [0.1, 0.15) is 0 Å². The summed E-state index contributed by atoms with van der Waals surface area (Å²) in [7, 11) is 0. The summed E-state index contributed by atoms with van der Waals surface area (Å²) in [4.78, 5) is 11.8. The Balaban J connectivity index is 1.95. The molecule has 0 saturated carbocycles. The minimum atomic E-state index is -0.262. The number of hydrogen-bond acceptors (Lipinski definition) is 2. The van der Waals surface area contributed by atoms with Gasteiger partial charge < -0.3 is 0 Å². The number of nitrogens with zero attached hydrogens (tertiary/aromatic N) is 1. The van der Waals surface area contributed by atoms with Crippen molar-refractivity contribution in [3.8, 4) is 0 Å². The fourth-order valence-corrected chi connectivity index (χ4v) is 1.92. The Morgan fingerprint density at radius 2 is 1.71 bits per heavy atom. The molecule has 4 heteroatoms. The lowest BCUT2D eigenvalue weighted by Crippen LogP contribution is -2.17. The zero-order valence-corrected chi connectivity index (χ0v) is 12.8. The van der Waals surface area contributed by atoms with Crippen molar-refractivity contribution < 1.29 is 4.79 Å². The number of benzene rings is 2. The van der Waals surface area contributed by atoms with Gasteiger partial charge in [-0.25, -0.2) is 5.43 Å². The standard InChI is InChI=1S/C17H17ClN2O/c1-12(2)14-5-3-13(4-6-14)11-19-20-17(21)15-7-9-16(18)10-8-15/h3-12H,1-2H3,(H,20,21). The van der Waals surface area contributed by atoms with Crippen LogP contribution >= 0.6 is 11.6 Å². The van der Waals surface area contributed by atoms with E-state index in [2.05, 4.69) is 36.5 Å². The fraction of sp³-hybridized carbons (Fsp3) is 0.176. The summed E-state index contributed by atoms with van der Waals surface area (Å²) in [5.74, 6) is 0.238. The first kappa shape index (κ1) is 15.3. The second-order valence-electron chi connectivity index (χ2n) is 5.03. The molecule has 0 aliphatic carbocycles. The van der Waals surface area contributed by atoms with Crippen LogP contribution in [-0.4, -0.2) is 12.1 Å². The van der Waals surface area contributed by atoms with E-state index < -0.39 is 0 Å². The van der Waals surface area contributed by atoms with E-state index in [0.717, 1.165) is 5.56 Å². The quantitative estimate of drug-likeness (QED) is 0.666. The molecule has 2 rings (SSSR count). The minimum absolute atomic E-state index is 0.262. The average Bonchev–Trinajstić information content (AvgIpc) is 2.48. The Morgan fingerprint density at radius 1 is 1.10 bits per heavy atom. The van der Waals surface area contributed by atoms with Crippen LogP contribution in [0.25, 0.3) is 0 Å². The van der Waals surface area contributed by atoms with Crippen LogP contribution < -0.4 is 5.43 Å². The molecule has 108 valence electrons. The zero-order valence-electron chi connectivity index (χ0n) is 12.0. The Labute approximate surface area is 129 Å². The van der Waals surface area contributed by atoms with Gasteiger partial charge in [-0.05, 0) is 41.3 Å². The molecule has 21 heavy (non-hydrogen) atoms. The first-order valence-corrected chi connectivity index (χ1v) is 7.13. The molecule has 0 bridgehead atoms. The molecule has 3 nitrogen and oxygen atoms in total. The van der Waals surface area contributed by atoms with Gasteiger partial charge in [-0.3, -0.25) is 4.79 Å². The largest absolute Gasteiger partial charge is 0.271 e. The molecule has 0 fully saturated rings. The summed E-state index contributed by atoms with van der Waals surface area (Å²) < 4.78 is 0. The normalized spacial score (nSPS) is 11.0. The third-order valence-electron chi connectivity index (χ3n) is 3.09. The van der Waals surface area contributed by atoms with Gasteiger partial charge in [-0.2, -0.15) is 5.10 Å². The summed E-state index contributed by atoms with van der Waals surface area (Å²) in [5.41, 5.74) is 5.23. The Bertz CT molecular complexity index is 631. The molecule has 2 aromatic rings. The average molecular weight is 301 g/mol. The van der Waals surface area contributed by atoms with Crippen LogP contribution in [0.5, 0.6) is 0 Å². The number of halogens is 1. The number of rotatable bonds is 4. The van der Waals surface area contributed by atoms with E-state index in [4.69, 9.17) is 11.6 Å². The zero-order chi connectivity index (χ0) is 15.2. The first-order chi connectivity index (χ1) is 10.1. The van der Waals surface area contributed by atoms with E-state index in [1.165, 1.54) is 5.56 Å². The van der Waals surface area contributed by atoms with E-state index in [-0.39, 0.29) is 5.91 Å². The van der Waals surface area contributed by atoms with Crippen LogP contribution in [0.2, 0.25) is 5.02 Å². The van der Waals surface area contributed by atoms with Crippen LogP contribution in [0, 0.1) is 0 Å². The van der Waals surface area contributed by atoms with Gasteiger partial charge in [0.05, 0.1) is 6.21 Å². The summed E-state index contributed by atoms with van der Waals surface area (Å²) in [5, 5.41) is 4.55. The molecular formula is C17H17ClN2O. The van der Waals surface area contributed by atoms with Gasteiger partial charge in [0.15, 0.2) is 0 Å². The van der Waals surface area contributed by atoms with Crippen LogP contribution in [0.1, 0.15) is 41.3 Å². The van der Waals surface area contributed by atoms with Crippen LogP contribution in [0.4, 0.5) is 0 Å². The first-order valence-electron chi connectivity index (χ1n) is 6.75. The van der Waals surface area contributed by atoms with Crippen molar-refractivity contribution in [2.75, 3.05) is 0 Å². The topological polar surface area (TPSA) is 41.5 Å². The number of nitrogens with one attached hydrogen (secondary N) is 1. The molecular weight excluding hydrogens is 284 g/mol. The lowest BCUT2D eigenvalue weighted by atomic mass is 10.0. The van der Waals surface area contributed by atoms with Crippen LogP contribution in [0.15, 0.2) is 53.6 Å². The van der Waals surface area contributed by atoms with E-state index in [1.54, 1.807) is 30.5 Å². The number of carbonyl (C=O) groups is 1. The minimum Gasteiger partial charge on any atom is -0.267 e. The molecule has 0 unspecified atom stereocenters. The third kappa shape index (κ3) is 4.43. The second kappa shape index (κ2) is 7.04. The summed E-state index contributed by atoms with van der Waals surface area (Å²) in [6, 6.07) is 14.7. The van der Waals surface area contributed by atoms with Crippen LogP contribution in [0.3, 0.4) is 0 Å². The molecule has 1 amide bonds. The van der Waals surface area contributed by atoms with Crippen molar-refractivity contribution in [1.29, 1.82) is 0 Å². The Hall–Kier alpha value is -2.13.